The van der Waals surface area contributed by atoms with Crippen LogP contribution in [-0.4, -0.2) is 5.78 Å². The predicted molar refractivity (Wildman–Crippen MR) is 83.1 cm³/mol. The molecule has 2 aliphatic rings. The zero-order valence-corrected chi connectivity index (χ0v) is 13.2. The number of ketones is 1. The van der Waals surface area contributed by atoms with Crippen molar-refractivity contribution in [1.29, 1.82) is 0 Å². The van der Waals surface area contributed by atoms with Crippen LogP contribution in [0.25, 0.3) is 0 Å². The van der Waals surface area contributed by atoms with Gasteiger partial charge in [-0.2, -0.15) is 0 Å². The maximum Gasteiger partial charge on any atom is 0.143 e. The Labute approximate surface area is 122 Å². The molecule has 1 heteroatoms. The van der Waals surface area contributed by atoms with Gasteiger partial charge in [-0.3, -0.25) is 4.79 Å². The molecule has 1 aromatic rings. The third-order valence-corrected chi connectivity index (χ3v) is 5.69. The van der Waals surface area contributed by atoms with E-state index in [9.17, 15) is 4.79 Å². The molecule has 0 amide bonds. The van der Waals surface area contributed by atoms with Crippen LogP contribution >= 0.6 is 0 Å². The fourth-order valence-electron chi connectivity index (χ4n) is 4.59. The number of hydrogen-bond donors (Lipinski definition) is 0. The van der Waals surface area contributed by atoms with Gasteiger partial charge in [0.05, 0.1) is 5.41 Å². The Morgan fingerprint density at radius 3 is 2.55 bits per heavy atom. The number of fused-ring (bicyclic) bond motifs is 2. The zero-order valence-electron chi connectivity index (χ0n) is 13.2. The summed E-state index contributed by atoms with van der Waals surface area (Å²) in [6.07, 6.45) is 4.00. The van der Waals surface area contributed by atoms with Crippen molar-refractivity contribution in [2.45, 2.75) is 64.7 Å². The van der Waals surface area contributed by atoms with E-state index in [1.54, 1.807) is 0 Å². The third kappa shape index (κ3) is 1.78. The highest BCUT2D eigenvalue weighted by molar-refractivity contribution is 5.94. The van der Waals surface area contributed by atoms with E-state index in [4.69, 9.17) is 0 Å². The van der Waals surface area contributed by atoms with Gasteiger partial charge in [0.15, 0.2) is 0 Å². The first-order valence-electron chi connectivity index (χ1n) is 8.13. The average molecular weight is 270 g/mol. The van der Waals surface area contributed by atoms with E-state index in [1.165, 1.54) is 16.7 Å². The fourth-order valence-corrected chi connectivity index (χ4v) is 4.59. The Bertz CT molecular complexity index is 541. The van der Waals surface area contributed by atoms with E-state index in [2.05, 4.69) is 45.9 Å². The van der Waals surface area contributed by atoms with Crippen LogP contribution in [0.2, 0.25) is 0 Å². The molecule has 0 N–H and O–H groups in total. The lowest BCUT2D eigenvalue weighted by molar-refractivity contribution is -0.123. The van der Waals surface area contributed by atoms with Crippen molar-refractivity contribution in [2.24, 2.45) is 11.8 Å². The van der Waals surface area contributed by atoms with Crippen LogP contribution in [0.3, 0.4) is 0 Å². The number of Topliss-reactive ketones (excluding diaryl/α,β-unsaturated/α-hetero) is 1. The summed E-state index contributed by atoms with van der Waals surface area (Å²) in [5, 5.41) is 0. The van der Waals surface area contributed by atoms with Gasteiger partial charge in [-0.25, -0.2) is 0 Å². The summed E-state index contributed by atoms with van der Waals surface area (Å²) in [6, 6.07) is 6.89. The maximum absolute atomic E-state index is 12.8. The van der Waals surface area contributed by atoms with Crippen molar-refractivity contribution in [3.63, 3.8) is 0 Å². The standard InChI is InChI=1S/C19H26O/c1-12(2)15-6-5-14-9-10-19(17(14)11-15)16(13(3)4)7-8-18(19)20/h5-6,11-13,16H,7-10H2,1-4H3. The van der Waals surface area contributed by atoms with E-state index in [-0.39, 0.29) is 5.41 Å². The number of rotatable bonds is 2. The molecule has 2 aliphatic carbocycles. The molecule has 0 bridgehead atoms. The Balaban J connectivity index is 2.14. The second-order valence-corrected chi connectivity index (χ2v) is 7.35. The van der Waals surface area contributed by atoms with E-state index in [1.807, 2.05) is 0 Å². The van der Waals surface area contributed by atoms with E-state index >= 15 is 0 Å². The fraction of sp³-hybridized carbons (Fsp3) is 0.632. The normalized spacial score (nSPS) is 28.9. The van der Waals surface area contributed by atoms with Crippen LogP contribution < -0.4 is 0 Å². The first kappa shape index (κ1) is 13.9. The minimum atomic E-state index is -0.144. The molecule has 2 unspecified atom stereocenters. The molecule has 20 heavy (non-hydrogen) atoms. The lowest BCUT2D eigenvalue weighted by Crippen LogP contribution is -2.37. The average Bonchev–Trinajstić information content (AvgIpc) is 2.93. The summed E-state index contributed by atoms with van der Waals surface area (Å²) in [6.45, 7) is 9.05. The first-order valence-corrected chi connectivity index (χ1v) is 8.13. The van der Waals surface area contributed by atoms with Gasteiger partial charge in [0.25, 0.3) is 0 Å². The van der Waals surface area contributed by atoms with Gasteiger partial charge in [0.1, 0.15) is 5.78 Å². The molecule has 3 rings (SSSR count). The smallest absolute Gasteiger partial charge is 0.143 e. The van der Waals surface area contributed by atoms with Crippen LogP contribution in [0.4, 0.5) is 0 Å². The highest BCUT2D eigenvalue weighted by Gasteiger charge is 2.54. The molecular weight excluding hydrogens is 244 g/mol. The highest BCUT2D eigenvalue weighted by atomic mass is 16.1. The Morgan fingerprint density at radius 2 is 1.90 bits per heavy atom. The second kappa shape index (κ2) is 4.72. The Hall–Kier alpha value is -1.11. The highest BCUT2D eigenvalue weighted by Crippen LogP contribution is 2.54. The zero-order chi connectivity index (χ0) is 14.5. The number of carbonyl (C=O) groups is 1. The minimum absolute atomic E-state index is 0.144. The van der Waals surface area contributed by atoms with Gasteiger partial charge in [-0.1, -0.05) is 45.9 Å². The monoisotopic (exact) mass is 270 g/mol. The molecule has 0 radical (unpaired) electrons. The summed E-state index contributed by atoms with van der Waals surface area (Å²) in [4.78, 5) is 12.8. The van der Waals surface area contributed by atoms with Gasteiger partial charge in [0.2, 0.25) is 0 Å². The molecule has 0 saturated heterocycles. The van der Waals surface area contributed by atoms with Crippen LogP contribution in [0.5, 0.6) is 0 Å². The number of benzene rings is 1. The molecule has 1 spiro atoms. The van der Waals surface area contributed by atoms with Crippen LogP contribution in [0, 0.1) is 11.8 Å². The van der Waals surface area contributed by atoms with Crippen LogP contribution in [0.1, 0.15) is 69.6 Å². The summed E-state index contributed by atoms with van der Waals surface area (Å²) < 4.78 is 0. The molecule has 0 aromatic heterocycles. The number of carbonyl (C=O) groups excluding carboxylic acids is 1. The van der Waals surface area contributed by atoms with Gasteiger partial charge in [-0.05, 0) is 53.7 Å². The van der Waals surface area contributed by atoms with Crippen molar-refractivity contribution >= 4 is 5.78 Å². The second-order valence-electron chi connectivity index (χ2n) is 7.35. The molecule has 1 fully saturated rings. The first-order chi connectivity index (χ1) is 9.46. The molecule has 0 heterocycles. The number of hydrogen-bond acceptors (Lipinski definition) is 1. The quantitative estimate of drug-likeness (QED) is 0.766. The summed E-state index contributed by atoms with van der Waals surface area (Å²) >= 11 is 0. The topological polar surface area (TPSA) is 17.1 Å². The van der Waals surface area contributed by atoms with Crippen LogP contribution in [0.15, 0.2) is 18.2 Å². The summed E-state index contributed by atoms with van der Waals surface area (Å²) in [5.74, 6) is 2.18. The maximum atomic E-state index is 12.8. The Morgan fingerprint density at radius 1 is 1.15 bits per heavy atom. The molecule has 2 atom stereocenters. The van der Waals surface area contributed by atoms with Gasteiger partial charge >= 0.3 is 0 Å². The van der Waals surface area contributed by atoms with E-state index < -0.39 is 0 Å². The van der Waals surface area contributed by atoms with Crippen LogP contribution in [-0.2, 0) is 16.6 Å². The van der Waals surface area contributed by atoms with Gasteiger partial charge in [-0.15, -0.1) is 0 Å². The van der Waals surface area contributed by atoms with Crippen molar-refractivity contribution in [1.82, 2.24) is 0 Å². The molecule has 1 saturated carbocycles. The number of aryl methyl sites for hydroxylation is 1. The van der Waals surface area contributed by atoms with Gasteiger partial charge < -0.3 is 0 Å². The SMILES string of the molecule is CC(C)c1ccc2c(c1)C1(CC2)C(=O)CCC1C(C)C. The lowest BCUT2D eigenvalue weighted by Gasteiger charge is -2.34. The van der Waals surface area contributed by atoms with E-state index in [0.717, 1.165) is 25.7 Å². The Kier molecular flexibility index (Phi) is 3.27. The molecular formula is C19H26O. The molecule has 1 nitrogen and oxygen atoms in total. The van der Waals surface area contributed by atoms with Crippen molar-refractivity contribution in [3.8, 4) is 0 Å². The lowest BCUT2D eigenvalue weighted by atomic mass is 9.68. The largest absolute Gasteiger partial charge is 0.299 e. The van der Waals surface area contributed by atoms with Crippen molar-refractivity contribution in [3.05, 3.63) is 34.9 Å². The van der Waals surface area contributed by atoms with Gasteiger partial charge in [0, 0.05) is 6.42 Å². The third-order valence-electron chi connectivity index (χ3n) is 5.69. The van der Waals surface area contributed by atoms with Crippen molar-refractivity contribution in [2.75, 3.05) is 0 Å². The summed E-state index contributed by atoms with van der Waals surface area (Å²) in [5.41, 5.74) is 4.04. The molecule has 1 aromatic carbocycles. The molecule has 108 valence electrons. The predicted octanol–water partition coefficient (Wildman–Crippen LogP) is 4.63. The summed E-state index contributed by atoms with van der Waals surface area (Å²) in [7, 11) is 0. The minimum Gasteiger partial charge on any atom is -0.299 e. The van der Waals surface area contributed by atoms with E-state index in [0.29, 0.717) is 23.5 Å². The van der Waals surface area contributed by atoms with Crippen molar-refractivity contribution < 1.29 is 4.79 Å². The molecule has 0 aliphatic heterocycles.